The first kappa shape index (κ1) is 24.1. The summed E-state index contributed by atoms with van der Waals surface area (Å²) in [5.41, 5.74) is 2.27. The maximum atomic E-state index is 9.13. The maximum Gasteiger partial charge on any atom is 0.115 e. The van der Waals surface area contributed by atoms with E-state index in [4.69, 9.17) is 10.2 Å². The first-order valence-corrected chi connectivity index (χ1v) is 6.80. The zero-order valence-electron chi connectivity index (χ0n) is 12.2. The lowest BCUT2D eigenvalue weighted by Crippen LogP contribution is -1.86. The highest BCUT2D eigenvalue weighted by molar-refractivity contribution is 5.32. The van der Waals surface area contributed by atoms with E-state index in [9.17, 15) is 0 Å². The normalized spacial score (nSPS) is 7.81. The second-order valence-electron chi connectivity index (χ2n) is 3.51. The van der Waals surface area contributed by atoms with Crippen LogP contribution in [0.3, 0.4) is 0 Å². The lowest BCUT2D eigenvalue weighted by atomic mass is 10.1. The van der Waals surface area contributed by atoms with Crippen LogP contribution in [0.15, 0.2) is 48.5 Å². The Morgan fingerprint density at radius 3 is 1.05 bits per heavy atom. The molecule has 0 bridgehead atoms. The summed E-state index contributed by atoms with van der Waals surface area (Å²) in [5, 5.41) is 18.3. The summed E-state index contributed by atoms with van der Waals surface area (Å²) in [4.78, 5) is 0. The summed E-state index contributed by atoms with van der Waals surface area (Å²) >= 11 is 0. The summed E-state index contributed by atoms with van der Waals surface area (Å²) in [7, 11) is 0. The van der Waals surface area contributed by atoms with E-state index in [0.717, 1.165) is 17.5 Å². The van der Waals surface area contributed by atoms with Crippen LogP contribution in [0.4, 0.5) is 0 Å². The van der Waals surface area contributed by atoms with Crippen LogP contribution >= 0.6 is 0 Å². The molecule has 0 unspecified atom stereocenters. The number of hydrogen-bond donors (Lipinski definition) is 2. The van der Waals surface area contributed by atoms with Crippen molar-refractivity contribution in [1.82, 2.24) is 0 Å². The number of hydrogen-bond acceptors (Lipinski definition) is 2. The average molecular weight is 292 g/mol. The summed E-state index contributed by atoms with van der Waals surface area (Å²) in [6, 6.07) is 14.3. The molecule has 2 nitrogen and oxygen atoms in total. The van der Waals surface area contributed by atoms with Gasteiger partial charge in [0.15, 0.2) is 0 Å². The van der Waals surface area contributed by atoms with Crippen LogP contribution in [-0.2, 0) is 6.42 Å². The Bertz CT molecular complexity index is 387. The van der Waals surface area contributed by atoms with Crippen molar-refractivity contribution in [2.24, 2.45) is 0 Å². The Kier molecular flexibility index (Phi) is 16.6. The first-order valence-electron chi connectivity index (χ1n) is 6.80. The van der Waals surface area contributed by atoms with Gasteiger partial charge in [0.1, 0.15) is 11.5 Å². The summed E-state index contributed by atoms with van der Waals surface area (Å²) in [5.74, 6) is 0.564. The molecule has 0 spiro atoms. The van der Waals surface area contributed by atoms with Crippen LogP contribution in [0.1, 0.15) is 53.7 Å². The van der Waals surface area contributed by atoms with Gasteiger partial charge in [-0.1, -0.05) is 66.8 Å². The Morgan fingerprint density at radius 2 is 0.810 bits per heavy atom. The van der Waals surface area contributed by atoms with Crippen molar-refractivity contribution in [1.29, 1.82) is 0 Å². The molecule has 2 N–H and O–H groups in total. The van der Waals surface area contributed by atoms with E-state index in [1.54, 1.807) is 24.3 Å². The third-order valence-electron chi connectivity index (χ3n) is 2.28. The largest absolute Gasteiger partial charge is 0.508 e. The first-order chi connectivity index (χ1) is 9.24. The molecule has 2 aromatic rings. The molecule has 2 heteroatoms. The predicted octanol–water partition coefficient (Wildman–Crippen LogP) is 6.01. The third-order valence-corrected chi connectivity index (χ3v) is 2.28. The molecule has 2 rings (SSSR count). The van der Waals surface area contributed by atoms with Crippen LogP contribution in [0.25, 0.3) is 0 Å². The maximum absolute atomic E-state index is 9.13. The van der Waals surface area contributed by atoms with Crippen LogP contribution in [0.2, 0.25) is 0 Å². The molecular weight excluding hydrogens is 260 g/mol. The quantitative estimate of drug-likeness (QED) is 0.711. The Hall–Kier alpha value is -1.96. The number of rotatable bonds is 2. The average Bonchev–Trinajstić information content (AvgIpc) is 2.48. The van der Waals surface area contributed by atoms with Gasteiger partial charge in [-0.05, 0) is 41.8 Å². The summed E-state index contributed by atoms with van der Waals surface area (Å²) < 4.78 is 0. The zero-order chi connectivity index (χ0) is 14.7. The SMILES string of the molecule is C.C.CC.CC.Oc1ccc(Cc2ccc(O)cc2)cc1. The molecule has 0 radical (unpaired) electrons. The van der Waals surface area contributed by atoms with Gasteiger partial charge in [0.25, 0.3) is 0 Å². The number of phenols is 2. The molecule has 120 valence electrons. The number of phenolic OH excluding ortho intramolecular Hbond substituents is 2. The molecule has 0 atom stereocenters. The van der Waals surface area contributed by atoms with Crippen molar-refractivity contribution in [3.63, 3.8) is 0 Å². The lowest BCUT2D eigenvalue weighted by molar-refractivity contribution is 0.475. The van der Waals surface area contributed by atoms with Gasteiger partial charge in [0.05, 0.1) is 0 Å². The number of aromatic hydroxyl groups is 2. The Labute approximate surface area is 131 Å². The van der Waals surface area contributed by atoms with Crippen molar-refractivity contribution in [3.8, 4) is 11.5 Å². The fourth-order valence-electron chi connectivity index (χ4n) is 1.46. The van der Waals surface area contributed by atoms with E-state index < -0.39 is 0 Å². The monoisotopic (exact) mass is 292 g/mol. The Morgan fingerprint density at radius 1 is 0.571 bits per heavy atom. The molecular formula is C19H32O2. The van der Waals surface area contributed by atoms with Crippen LogP contribution in [0.5, 0.6) is 11.5 Å². The van der Waals surface area contributed by atoms with Crippen molar-refractivity contribution in [2.45, 2.75) is 49.0 Å². The van der Waals surface area contributed by atoms with Crippen molar-refractivity contribution in [2.75, 3.05) is 0 Å². The molecule has 0 saturated heterocycles. The molecule has 0 aliphatic rings. The fourth-order valence-corrected chi connectivity index (χ4v) is 1.46. The molecule has 0 fully saturated rings. The summed E-state index contributed by atoms with van der Waals surface area (Å²) in [6.45, 7) is 8.00. The topological polar surface area (TPSA) is 40.5 Å². The third kappa shape index (κ3) is 9.55. The van der Waals surface area contributed by atoms with Gasteiger partial charge >= 0.3 is 0 Å². The van der Waals surface area contributed by atoms with E-state index in [-0.39, 0.29) is 26.4 Å². The highest BCUT2D eigenvalue weighted by Crippen LogP contribution is 2.15. The van der Waals surface area contributed by atoms with Gasteiger partial charge in [-0.15, -0.1) is 0 Å². The Balaban J connectivity index is -0.000000499. The molecule has 2 aromatic carbocycles. The van der Waals surface area contributed by atoms with E-state index in [0.29, 0.717) is 0 Å². The molecule has 0 aliphatic heterocycles. The van der Waals surface area contributed by atoms with E-state index in [1.807, 2.05) is 52.0 Å². The molecule has 0 aromatic heterocycles. The van der Waals surface area contributed by atoms with Crippen LogP contribution in [-0.4, -0.2) is 10.2 Å². The van der Waals surface area contributed by atoms with Gasteiger partial charge in [0.2, 0.25) is 0 Å². The van der Waals surface area contributed by atoms with Gasteiger partial charge < -0.3 is 10.2 Å². The van der Waals surface area contributed by atoms with Gasteiger partial charge in [-0.25, -0.2) is 0 Å². The second-order valence-corrected chi connectivity index (χ2v) is 3.51. The highest BCUT2D eigenvalue weighted by atomic mass is 16.3. The van der Waals surface area contributed by atoms with Crippen LogP contribution < -0.4 is 0 Å². The van der Waals surface area contributed by atoms with Crippen molar-refractivity contribution >= 4 is 0 Å². The van der Waals surface area contributed by atoms with E-state index in [1.165, 1.54) is 0 Å². The van der Waals surface area contributed by atoms with Crippen LogP contribution in [0, 0.1) is 0 Å². The van der Waals surface area contributed by atoms with E-state index in [2.05, 4.69) is 0 Å². The molecule has 21 heavy (non-hydrogen) atoms. The number of benzene rings is 2. The molecule has 0 saturated carbocycles. The summed E-state index contributed by atoms with van der Waals surface area (Å²) in [6.07, 6.45) is 0.806. The standard InChI is InChI=1S/C13H12O2.2C2H6.2CH4/c14-12-5-1-10(2-6-12)9-11-3-7-13(15)8-4-11;2*1-2;;/h1-8,14-15H,9H2;2*1-2H3;2*1H4. The minimum atomic E-state index is 0. The van der Waals surface area contributed by atoms with Gasteiger partial charge in [-0.2, -0.15) is 0 Å². The molecule has 0 heterocycles. The van der Waals surface area contributed by atoms with Gasteiger partial charge in [-0.3, -0.25) is 0 Å². The fraction of sp³-hybridized carbons (Fsp3) is 0.368. The van der Waals surface area contributed by atoms with Gasteiger partial charge in [0, 0.05) is 0 Å². The molecule has 0 amide bonds. The molecule has 0 aliphatic carbocycles. The predicted molar refractivity (Wildman–Crippen MR) is 95.2 cm³/mol. The van der Waals surface area contributed by atoms with Crippen molar-refractivity contribution in [3.05, 3.63) is 59.7 Å². The minimum absolute atomic E-state index is 0. The van der Waals surface area contributed by atoms with E-state index >= 15 is 0 Å². The minimum Gasteiger partial charge on any atom is -0.508 e. The smallest absolute Gasteiger partial charge is 0.115 e. The zero-order valence-corrected chi connectivity index (χ0v) is 12.2. The van der Waals surface area contributed by atoms with Crippen molar-refractivity contribution < 1.29 is 10.2 Å². The lowest BCUT2D eigenvalue weighted by Gasteiger charge is -2.02. The highest BCUT2D eigenvalue weighted by Gasteiger charge is 1.96. The second kappa shape index (κ2) is 14.4.